The van der Waals surface area contributed by atoms with Crippen molar-refractivity contribution in [2.75, 3.05) is 46.3 Å². The number of rotatable bonds is 5. The van der Waals surface area contributed by atoms with E-state index in [0.717, 1.165) is 19.6 Å². The number of nitrogens with zero attached hydrogens (tertiary/aromatic N) is 2. The van der Waals surface area contributed by atoms with Crippen molar-refractivity contribution < 1.29 is 0 Å². The van der Waals surface area contributed by atoms with Crippen LogP contribution in [0.5, 0.6) is 0 Å². The van der Waals surface area contributed by atoms with Gasteiger partial charge in [-0.1, -0.05) is 0 Å². The van der Waals surface area contributed by atoms with Gasteiger partial charge in [0, 0.05) is 50.2 Å². The molecule has 2 heterocycles. The third-order valence-corrected chi connectivity index (χ3v) is 5.44. The Balaban J connectivity index is 1.78. The molecule has 5 heteroatoms. The molecule has 0 bridgehead atoms. The number of nitrogens with one attached hydrogen (secondary N) is 1. The molecule has 1 atom stereocenters. The minimum absolute atomic E-state index is 0.504. The van der Waals surface area contributed by atoms with Gasteiger partial charge in [-0.15, -0.1) is 11.3 Å². The molecule has 0 aromatic carbocycles. The molecular formula is C13H22BrN3S. The van der Waals surface area contributed by atoms with Gasteiger partial charge < -0.3 is 5.32 Å². The predicted molar refractivity (Wildman–Crippen MR) is 82.4 cm³/mol. The third-order valence-electron chi connectivity index (χ3n) is 3.65. The van der Waals surface area contributed by atoms with Crippen LogP contribution in [0.25, 0.3) is 0 Å². The molecule has 1 aromatic heterocycles. The summed E-state index contributed by atoms with van der Waals surface area (Å²) in [6, 6.07) is 4.87. The smallest absolute Gasteiger partial charge is 0.0701 e. The van der Waals surface area contributed by atoms with E-state index in [9.17, 15) is 0 Å². The number of halogens is 1. The second kappa shape index (κ2) is 7.01. The van der Waals surface area contributed by atoms with Crippen molar-refractivity contribution in [1.82, 2.24) is 15.1 Å². The van der Waals surface area contributed by atoms with E-state index in [1.165, 1.54) is 28.3 Å². The minimum Gasteiger partial charge on any atom is -0.314 e. The summed E-state index contributed by atoms with van der Waals surface area (Å²) in [5, 5.41) is 3.39. The summed E-state index contributed by atoms with van der Waals surface area (Å²) < 4.78 is 1.22. The Bertz CT molecular complexity index is 363. The van der Waals surface area contributed by atoms with Gasteiger partial charge in [0.15, 0.2) is 0 Å². The summed E-state index contributed by atoms with van der Waals surface area (Å²) in [6.07, 6.45) is 0. The topological polar surface area (TPSA) is 18.5 Å². The lowest BCUT2D eigenvalue weighted by molar-refractivity contribution is 0.184. The Morgan fingerprint density at radius 1 is 1.44 bits per heavy atom. The second-order valence-corrected chi connectivity index (χ2v) is 7.38. The molecule has 0 amide bonds. The fraction of sp³-hybridized carbons (Fsp3) is 0.692. The van der Waals surface area contributed by atoms with Crippen LogP contribution in [-0.4, -0.2) is 56.1 Å². The zero-order valence-electron chi connectivity index (χ0n) is 11.2. The molecule has 1 unspecified atom stereocenters. The first-order valence-corrected chi connectivity index (χ1v) is 8.16. The molecule has 102 valence electrons. The number of thiophene rings is 1. The average molecular weight is 332 g/mol. The van der Waals surface area contributed by atoms with Gasteiger partial charge in [0.2, 0.25) is 0 Å². The van der Waals surface area contributed by atoms with E-state index < -0.39 is 0 Å². The summed E-state index contributed by atoms with van der Waals surface area (Å²) in [7, 11) is 2.22. The Morgan fingerprint density at radius 2 is 2.17 bits per heavy atom. The highest BCUT2D eigenvalue weighted by molar-refractivity contribution is 9.11. The number of likely N-dealkylation sites (N-methyl/N-ethyl adjacent to an activating group) is 1. The normalized spacial score (nSPS) is 19.3. The van der Waals surface area contributed by atoms with E-state index in [0.29, 0.717) is 6.04 Å². The maximum Gasteiger partial charge on any atom is 0.0701 e. The summed E-state index contributed by atoms with van der Waals surface area (Å²) in [5.74, 6) is 0. The lowest BCUT2D eigenvalue weighted by atomic mass is 10.2. The molecule has 1 aliphatic rings. The lowest BCUT2D eigenvalue weighted by Crippen LogP contribution is -2.46. The first-order chi connectivity index (χ1) is 8.66. The molecule has 3 nitrogen and oxygen atoms in total. The van der Waals surface area contributed by atoms with Crippen LogP contribution < -0.4 is 5.32 Å². The summed E-state index contributed by atoms with van der Waals surface area (Å²) in [4.78, 5) is 6.43. The Hall–Kier alpha value is 0.0600. The summed E-state index contributed by atoms with van der Waals surface area (Å²) in [6.45, 7) is 9.25. The van der Waals surface area contributed by atoms with Crippen molar-refractivity contribution in [2.45, 2.75) is 13.0 Å². The van der Waals surface area contributed by atoms with Gasteiger partial charge in [-0.25, -0.2) is 0 Å². The maximum absolute atomic E-state index is 3.54. The fourth-order valence-electron chi connectivity index (χ4n) is 2.20. The fourth-order valence-corrected chi connectivity index (χ4v) is 3.74. The monoisotopic (exact) mass is 331 g/mol. The third kappa shape index (κ3) is 4.03. The van der Waals surface area contributed by atoms with E-state index in [4.69, 9.17) is 0 Å². The van der Waals surface area contributed by atoms with Gasteiger partial charge in [0.05, 0.1) is 3.79 Å². The quantitative estimate of drug-likeness (QED) is 0.893. The van der Waals surface area contributed by atoms with Gasteiger partial charge in [-0.3, -0.25) is 9.80 Å². The van der Waals surface area contributed by atoms with Crippen LogP contribution in [0.3, 0.4) is 0 Å². The van der Waals surface area contributed by atoms with E-state index in [-0.39, 0.29) is 0 Å². The molecule has 0 saturated carbocycles. The Morgan fingerprint density at radius 3 is 2.78 bits per heavy atom. The van der Waals surface area contributed by atoms with E-state index in [2.05, 4.69) is 57.2 Å². The zero-order chi connectivity index (χ0) is 13.0. The van der Waals surface area contributed by atoms with Crippen molar-refractivity contribution in [3.8, 4) is 0 Å². The largest absolute Gasteiger partial charge is 0.314 e. The van der Waals surface area contributed by atoms with Crippen LogP contribution in [0, 0.1) is 0 Å². The highest BCUT2D eigenvalue weighted by Gasteiger charge is 2.15. The summed E-state index contributed by atoms with van der Waals surface area (Å²) >= 11 is 5.37. The van der Waals surface area contributed by atoms with Crippen LogP contribution in [0.15, 0.2) is 15.9 Å². The molecule has 2 rings (SSSR count). The van der Waals surface area contributed by atoms with Gasteiger partial charge >= 0.3 is 0 Å². The van der Waals surface area contributed by atoms with Gasteiger partial charge in [0.25, 0.3) is 0 Å². The molecule has 1 aliphatic heterocycles. The van der Waals surface area contributed by atoms with Gasteiger partial charge in [-0.2, -0.15) is 0 Å². The number of hydrogen-bond donors (Lipinski definition) is 1. The first-order valence-electron chi connectivity index (χ1n) is 6.55. The summed E-state index contributed by atoms with van der Waals surface area (Å²) in [5.41, 5.74) is 0. The molecule has 1 N–H and O–H groups in total. The highest BCUT2D eigenvalue weighted by Crippen LogP contribution is 2.29. The molecule has 1 fully saturated rings. The molecule has 0 spiro atoms. The number of piperazine rings is 1. The van der Waals surface area contributed by atoms with Crippen molar-refractivity contribution in [1.29, 1.82) is 0 Å². The van der Waals surface area contributed by atoms with Crippen LogP contribution in [-0.2, 0) is 0 Å². The maximum atomic E-state index is 3.54. The Labute approximate surface area is 122 Å². The van der Waals surface area contributed by atoms with Crippen molar-refractivity contribution >= 4 is 27.3 Å². The minimum atomic E-state index is 0.504. The van der Waals surface area contributed by atoms with Crippen LogP contribution in [0.2, 0.25) is 0 Å². The van der Waals surface area contributed by atoms with E-state index in [1.807, 2.05) is 11.3 Å². The molecule has 0 aliphatic carbocycles. The SMILES string of the molecule is CC(c1ccc(Br)s1)N(C)CCN1CCNCC1. The molecule has 18 heavy (non-hydrogen) atoms. The van der Waals surface area contributed by atoms with E-state index in [1.54, 1.807) is 0 Å². The molecule has 1 saturated heterocycles. The van der Waals surface area contributed by atoms with Crippen LogP contribution in [0.4, 0.5) is 0 Å². The average Bonchev–Trinajstić information content (AvgIpc) is 2.83. The molecular weight excluding hydrogens is 310 g/mol. The first kappa shape index (κ1) is 14.5. The lowest BCUT2D eigenvalue weighted by Gasteiger charge is -2.31. The number of hydrogen-bond acceptors (Lipinski definition) is 4. The van der Waals surface area contributed by atoms with Crippen molar-refractivity contribution in [3.05, 3.63) is 20.8 Å². The van der Waals surface area contributed by atoms with E-state index >= 15 is 0 Å². The van der Waals surface area contributed by atoms with Gasteiger partial charge in [-0.05, 0) is 42.0 Å². The zero-order valence-corrected chi connectivity index (χ0v) is 13.6. The van der Waals surface area contributed by atoms with Crippen LogP contribution in [0.1, 0.15) is 17.8 Å². The molecule has 0 radical (unpaired) electrons. The standard InChI is InChI=1S/C13H22BrN3S/c1-11(12-3-4-13(14)18-12)16(2)9-10-17-7-5-15-6-8-17/h3-4,11,15H,5-10H2,1-2H3. The van der Waals surface area contributed by atoms with Gasteiger partial charge in [0.1, 0.15) is 0 Å². The van der Waals surface area contributed by atoms with Crippen LogP contribution >= 0.6 is 27.3 Å². The van der Waals surface area contributed by atoms with Crippen molar-refractivity contribution in [2.24, 2.45) is 0 Å². The molecule has 1 aromatic rings. The highest BCUT2D eigenvalue weighted by atomic mass is 79.9. The van der Waals surface area contributed by atoms with Crippen molar-refractivity contribution in [3.63, 3.8) is 0 Å². The predicted octanol–water partition coefficient (Wildman–Crippen LogP) is 2.41. The second-order valence-electron chi connectivity index (χ2n) is 4.89. The Kier molecular flexibility index (Phi) is 5.63.